The minimum atomic E-state index is -0.217. The van der Waals surface area contributed by atoms with Crippen LogP contribution in [0.1, 0.15) is 30.0 Å². The fraction of sp³-hybridized carbons (Fsp3) is 0.292. The normalized spacial score (nSPS) is 16.8. The smallest absolute Gasteiger partial charge is 0.258 e. The van der Waals surface area contributed by atoms with Gasteiger partial charge < -0.3 is 5.32 Å². The molecule has 0 radical (unpaired) electrons. The van der Waals surface area contributed by atoms with E-state index in [1.165, 1.54) is 17.3 Å². The summed E-state index contributed by atoms with van der Waals surface area (Å²) in [5.74, 6) is 0.395. The standard InChI is InChI=1S/C24H24N4O2S/c29-20(16-27-11-9-18(10-12-27)17-5-2-1-3-6-17)15-26-24(30)21-13-19-14-25-22-7-4-8-23(31-21)28(19)22/h1-8,13-14,18H,9-12,15-16H2,(H,26,30). The molecule has 1 N–H and O–H groups in total. The quantitative estimate of drug-likeness (QED) is 0.647. The van der Waals surface area contributed by atoms with Gasteiger partial charge in [-0.2, -0.15) is 0 Å². The molecule has 4 heterocycles. The molecule has 0 atom stereocenters. The van der Waals surface area contributed by atoms with E-state index in [9.17, 15) is 9.59 Å². The van der Waals surface area contributed by atoms with Gasteiger partial charge in [0, 0.05) is 0 Å². The van der Waals surface area contributed by atoms with Gasteiger partial charge in [0.25, 0.3) is 5.91 Å². The van der Waals surface area contributed by atoms with Crippen molar-refractivity contribution in [2.45, 2.75) is 23.8 Å². The minimum absolute atomic E-state index is 0.0417. The summed E-state index contributed by atoms with van der Waals surface area (Å²) >= 11 is 1.40. The molecule has 5 rings (SSSR count). The second-order valence-corrected chi connectivity index (χ2v) is 9.10. The average molecular weight is 433 g/mol. The highest BCUT2D eigenvalue weighted by Gasteiger charge is 2.23. The van der Waals surface area contributed by atoms with E-state index in [1.54, 1.807) is 6.20 Å². The summed E-state index contributed by atoms with van der Waals surface area (Å²) in [5.41, 5.74) is 3.13. The number of thioether (sulfide) groups is 1. The SMILES string of the molecule is O=C(CNC(=O)C1=Cc2cnc3cccc(n23)S1)CN1CCC(c2ccccc2)CC1. The van der Waals surface area contributed by atoms with E-state index in [4.69, 9.17) is 0 Å². The largest absolute Gasteiger partial charge is 0.344 e. The van der Waals surface area contributed by atoms with Gasteiger partial charge in [0.1, 0.15) is 5.65 Å². The van der Waals surface area contributed by atoms with E-state index in [-0.39, 0.29) is 18.2 Å². The first-order valence-corrected chi connectivity index (χ1v) is 11.4. The maximum absolute atomic E-state index is 12.6. The van der Waals surface area contributed by atoms with Crippen molar-refractivity contribution in [1.29, 1.82) is 0 Å². The highest BCUT2D eigenvalue weighted by molar-refractivity contribution is 8.04. The lowest BCUT2D eigenvalue weighted by atomic mass is 9.89. The number of hydrogen-bond acceptors (Lipinski definition) is 5. The first kappa shape index (κ1) is 20.0. The van der Waals surface area contributed by atoms with Crippen molar-refractivity contribution in [2.24, 2.45) is 0 Å². The predicted molar refractivity (Wildman–Crippen MR) is 122 cm³/mol. The van der Waals surface area contributed by atoms with Gasteiger partial charge in [-0.15, -0.1) is 0 Å². The maximum atomic E-state index is 12.6. The van der Waals surface area contributed by atoms with Crippen molar-refractivity contribution in [1.82, 2.24) is 19.6 Å². The second kappa shape index (κ2) is 8.69. The third-order valence-electron chi connectivity index (χ3n) is 5.94. The van der Waals surface area contributed by atoms with Crippen molar-refractivity contribution in [3.63, 3.8) is 0 Å². The van der Waals surface area contributed by atoms with Crippen LogP contribution in [-0.2, 0) is 9.59 Å². The minimum Gasteiger partial charge on any atom is -0.344 e. The average Bonchev–Trinajstić information content (AvgIpc) is 3.23. The number of nitrogens with zero attached hydrogens (tertiary/aromatic N) is 3. The van der Waals surface area contributed by atoms with Crippen LogP contribution in [0.3, 0.4) is 0 Å². The molecule has 158 valence electrons. The molecule has 0 aliphatic carbocycles. The summed E-state index contributed by atoms with van der Waals surface area (Å²) in [7, 11) is 0. The maximum Gasteiger partial charge on any atom is 0.258 e. The molecule has 2 aliphatic heterocycles. The zero-order valence-corrected chi connectivity index (χ0v) is 18.0. The van der Waals surface area contributed by atoms with E-state index >= 15 is 0 Å². The summed E-state index contributed by atoms with van der Waals surface area (Å²) in [4.78, 5) is 32.3. The number of piperidine rings is 1. The highest BCUT2D eigenvalue weighted by atomic mass is 32.2. The van der Waals surface area contributed by atoms with Crippen molar-refractivity contribution in [3.05, 3.63) is 70.9 Å². The summed E-state index contributed by atoms with van der Waals surface area (Å²) in [5, 5.41) is 3.75. The number of pyridine rings is 1. The number of carbonyl (C=O) groups excluding carboxylic acids is 2. The van der Waals surface area contributed by atoms with Gasteiger partial charge in [0.15, 0.2) is 5.78 Å². The molecule has 0 saturated carbocycles. The van der Waals surface area contributed by atoms with E-state index in [0.29, 0.717) is 17.4 Å². The lowest BCUT2D eigenvalue weighted by molar-refractivity contribution is -0.123. The number of carbonyl (C=O) groups is 2. The summed E-state index contributed by atoms with van der Waals surface area (Å²) in [6, 6.07) is 16.4. The Morgan fingerprint density at radius 2 is 1.87 bits per heavy atom. The van der Waals surface area contributed by atoms with Crippen LogP contribution in [-0.4, -0.2) is 52.2 Å². The van der Waals surface area contributed by atoms with Crippen LogP contribution in [0.5, 0.6) is 0 Å². The van der Waals surface area contributed by atoms with Crippen LogP contribution in [0.15, 0.2) is 64.7 Å². The van der Waals surface area contributed by atoms with E-state index in [0.717, 1.165) is 42.3 Å². The number of likely N-dealkylation sites (tertiary alicyclic amines) is 1. The number of rotatable bonds is 6. The predicted octanol–water partition coefficient (Wildman–Crippen LogP) is 3.35. The Morgan fingerprint density at radius 1 is 1.06 bits per heavy atom. The monoisotopic (exact) mass is 432 g/mol. The number of nitrogens with one attached hydrogen (secondary N) is 1. The molecule has 1 amide bonds. The van der Waals surface area contributed by atoms with Gasteiger partial charge in [-0.05, 0) is 55.6 Å². The zero-order chi connectivity index (χ0) is 21.2. The lowest BCUT2D eigenvalue weighted by Gasteiger charge is -2.31. The number of aromatic nitrogens is 2. The zero-order valence-electron chi connectivity index (χ0n) is 17.2. The highest BCUT2D eigenvalue weighted by Crippen LogP contribution is 2.34. The Kier molecular flexibility index (Phi) is 5.61. The van der Waals surface area contributed by atoms with Gasteiger partial charge in [0.2, 0.25) is 0 Å². The molecule has 31 heavy (non-hydrogen) atoms. The fourth-order valence-electron chi connectivity index (χ4n) is 4.32. The van der Waals surface area contributed by atoms with Crippen LogP contribution in [0.4, 0.5) is 0 Å². The molecular weight excluding hydrogens is 408 g/mol. The lowest BCUT2D eigenvalue weighted by Crippen LogP contribution is -2.40. The van der Waals surface area contributed by atoms with Gasteiger partial charge in [-0.3, -0.25) is 18.9 Å². The van der Waals surface area contributed by atoms with Gasteiger partial charge in [-0.1, -0.05) is 48.2 Å². The Morgan fingerprint density at radius 3 is 2.68 bits per heavy atom. The van der Waals surface area contributed by atoms with Crippen molar-refractivity contribution in [3.8, 4) is 0 Å². The molecule has 1 fully saturated rings. The number of Topliss-reactive ketones (excluding diaryl/α,β-unsaturated/α-hetero) is 1. The summed E-state index contributed by atoms with van der Waals surface area (Å²) < 4.78 is 2.02. The second-order valence-electron chi connectivity index (χ2n) is 8.03. The molecular formula is C24H24N4O2S. The van der Waals surface area contributed by atoms with Crippen LogP contribution in [0, 0.1) is 0 Å². The van der Waals surface area contributed by atoms with Crippen LogP contribution >= 0.6 is 11.8 Å². The molecule has 3 aromatic rings. The van der Waals surface area contributed by atoms with E-state index in [1.807, 2.05) is 34.7 Å². The molecule has 2 aliphatic rings. The summed E-state index contributed by atoms with van der Waals surface area (Å²) in [6.07, 6.45) is 5.71. The third kappa shape index (κ3) is 4.29. The number of ketones is 1. The molecule has 0 spiro atoms. The van der Waals surface area contributed by atoms with Crippen molar-refractivity contribution in [2.75, 3.05) is 26.2 Å². The molecule has 1 saturated heterocycles. The van der Waals surface area contributed by atoms with Crippen LogP contribution in [0.25, 0.3) is 11.7 Å². The Labute approximate surface area is 185 Å². The third-order valence-corrected chi connectivity index (χ3v) is 6.99. The number of hydrogen-bond donors (Lipinski definition) is 1. The van der Waals surface area contributed by atoms with Crippen molar-refractivity contribution < 1.29 is 9.59 Å². The van der Waals surface area contributed by atoms with E-state index in [2.05, 4.69) is 39.5 Å². The molecule has 1 aromatic carbocycles. The summed E-state index contributed by atoms with van der Waals surface area (Å²) in [6.45, 7) is 2.27. The first-order chi connectivity index (χ1) is 15.2. The number of amides is 1. The molecule has 0 bridgehead atoms. The van der Waals surface area contributed by atoms with Crippen LogP contribution in [0.2, 0.25) is 0 Å². The van der Waals surface area contributed by atoms with Crippen LogP contribution < -0.4 is 5.32 Å². The Bertz CT molecular complexity index is 1150. The molecule has 7 heteroatoms. The van der Waals surface area contributed by atoms with E-state index < -0.39 is 0 Å². The molecule has 2 aromatic heterocycles. The first-order valence-electron chi connectivity index (χ1n) is 10.6. The topological polar surface area (TPSA) is 66.7 Å². The molecule has 0 unspecified atom stereocenters. The number of benzene rings is 1. The van der Waals surface area contributed by atoms with Crippen molar-refractivity contribution >= 4 is 35.2 Å². The fourth-order valence-corrected chi connectivity index (χ4v) is 5.33. The molecule has 6 nitrogen and oxygen atoms in total. The van der Waals surface area contributed by atoms with Gasteiger partial charge >= 0.3 is 0 Å². The Balaban J connectivity index is 1.11. The van der Waals surface area contributed by atoms with Gasteiger partial charge in [-0.25, -0.2) is 4.98 Å². The number of imidazole rings is 1. The van der Waals surface area contributed by atoms with Gasteiger partial charge in [0.05, 0.1) is 34.9 Å². The Hall–Kier alpha value is -2.90.